The molecule has 0 saturated heterocycles. The Bertz CT molecular complexity index is 728. The van der Waals surface area contributed by atoms with Gasteiger partial charge in [-0.05, 0) is 50.3 Å². The molecule has 1 atom stereocenters. The van der Waals surface area contributed by atoms with Gasteiger partial charge in [-0.25, -0.2) is 9.98 Å². The molecule has 154 valence electrons. The molecule has 7 nitrogen and oxygen atoms in total. The van der Waals surface area contributed by atoms with Gasteiger partial charge in [0.1, 0.15) is 11.4 Å². The summed E-state index contributed by atoms with van der Waals surface area (Å²) in [7, 11) is 0. The minimum absolute atomic E-state index is 0. The van der Waals surface area contributed by atoms with E-state index in [1.165, 1.54) is 12.8 Å². The minimum Gasteiger partial charge on any atom is -0.477 e. The van der Waals surface area contributed by atoms with Gasteiger partial charge in [-0.15, -0.1) is 24.0 Å². The average molecular weight is 500 g/mol. The molecule has 1 unspecified atom stereocenters. The molecule has 0 spiro atoms. The van der Waals surface area contributed by atoms with Crippen molar-refractivity contribution in [2.24, 2.45) is 10.9 Å². The molecular weight excluding hydrogens is 471 g/mol. The molecule has 1 fully saturated rings. The minimum atomic E-state index is -1.12. The van der Waals surface area contributed by atoms with Crippen molar-refractivity contribution in [3.63, 3.8) is 0 Å². The first-order chi connectivity index (χ1) is 13.1. The fourth-order valence-electron chi connectivity index (χ4n) is 2.52. The van der Waals surface area contributed by atoms with Crippen LogP contribution in [0.5, 0.6) is 5.88 Å². The van der Waals surface area contributed by atoms with E-state index in [4.69, 9.17) is 9.15 Å². The smallest absolute Gasteiger partial charge is 0.213 e. The van der Waals surface area contributed by atoms with Crippen LogP contribution in [0.2, 0.25) is 0 Å². The van der Waals surface area contributed by atoms with Crippen LogP contribution in [0.1, 0.15) is 38.0 Å². The number of aliphatic hydroxyl groups is 1. The van der Waals surface area contributed by atoms with Gasteiger partial charge in [-0.2, -0.15) is 0 Å². The topological polar surface area (TPSA) is 91.9 Å². The van der Waals surface area contributed by atoms with E-state index >= 15 is 0 Å². The Labute approximate surface area is 183 Å². The van der Waals surface area contributed by atoms with Crippen molar-refractivity contribution >= 4 is 29.9 Å². The molecule has 0 amide bonds. The maximum atomic E-state index is 10.5. The van der Waals surface area contributed by atoms with E-state index in [-0.39, 0.29) is 30.5 Å². The monoisotopic (exact) mass is 500 g/mol. The van der Waals surface area contributed by atoms with E-state index in [0.717, 1.165) is 18.7 Å². The third-order valence-electron chi connectivity index (χ3n) is 4.38. The van der Waals surface area contributed by atoms with Crippen LogP contribution in [0.3, 0.4) is 0 Å². The lowest BCUT2D eigenvalue weighted by molar-refractivity contribution is 0.0386. The lowest BCUT2D eigenvalue weighted by Crippen LogP contribution is -2.44. The number of pyridine rings is 1. The molecule has 1 aliphatic rings. The van der Waals surface area contributed by atoms with Crippen molar-refractivity contribution in [1.29, 1.82) is 0 Å². The van der Waals surface area contributed by atoms with Crippen molar-refractivity contribution in [3.8, 4) is 5.88 Å². The van der Waals surface area contributed by atoms with Gasteiger partial charge in [0.05, 0.1) is 26.0 Å². The second-order valence-electron chi connectivity index (χ2n) is 7.06. The van der Waals surface area contributed by atoms with Crippen molar-refractivity contribution < 1.29 is 14.3 Å². The molecule has 2 aromatic rings. The first kappa shape index (κ1) is 22.5. The molecule has 2 aromatic heterocycles. The van der Waals surface area contributed by atoms with Crippen LogP contribution >= 0.6 is 24.0 Å². The Balaban J connectivity index is 0.00000280. The summed E-state index contributed by atoms with van der Waals surface area (Å²) >= 11 is 0. The van der Waals surface area contributed by atoms with Gasteiger partial charge in [0.25, 0.3) is 0 Å². The number of halogens is 1. The number of hydrogen-bond donors (Lipinski definition) is 3. The second-order valence-corrected chi connectivity index (χ2v) is 7.06. The van der Waals surface area contributed by atoms with Gasteiger partial charge in [-0.3, -0.25) is 0 Å². The van der Waals surface area contributed by atoms with Crippen molar-refractivity contribution in [3.05, 3.63) is 48.0 Å². The summed E-state index contributed by atoms with van der Waals surface area (Å²) in [6, 6.07) is 7.37. The first-order valence-electron chi connectivity index (χ1n) is 9.43. The summed E-state index contributed by atoms with van der Waals surface area (Å²) in [6.07, 6.45) is 5.86. The lowest BCUT2D eigenvalue weighted by atomic mass is 10.0. The predicted molar refractivity (Wildman–Crippen MR) is 119 cm³/mol. The van der Waals surface area contributed by atoms with Gasteiger partial charge in [0.15, 0.2) is 5.96 Å². The highest BCUT2D eigenvalue weighted by Gasteiger charge is 2.26. The molecule has 8 heteroatoms. The number of aromatic nitrogens is 1. The summed E-state index contributed by atoms with van der Waals surface area (Å²) in [4.78, 5) is 8.89. The summed E-state index contributed by atoms with van der Waals surface area (Å²) in [6.45, 7) is 5.93. The van der Waals surface area contributed by atoms with Crippen LogP contribution < -0.4 is 15.4 Å². The fourth-order valence-corrected chi connectivity index (χ4v) is 2.52. The van der Waals surface area contributed by atoms with Gasteiger partial charge < -0.3 is 24.9 Å². The van der Waals surface area contributed by atoms with E-state index in [2.05, 4.69) is 20.6 Å². The summed E-state index contributed by atoms with van der Waals surface area (Å²) in [5.41, 5.74) is -0.134. The molecule has 0 bridgehead atoms. The Morgan fingerprint density at radius 2 is 2.18 bits per heavy atom. The highest BCUT2D eigenvalue weighted by Crippen LogP contribution is 2.29. The zero-order chi connectivity index (χ0) is 19.1. The average Bonchev–Trinajstić information content (AvgIpc) is 3.32. The third kappa shape index (κ3) is 6.97. The number of ether oxygens (including phenoxy) is 1. The Morgan fingerprint density at radius 1 is 1.36 bits per heavy atom. The standard InChI is InChI=1S/C20H28N4O3.HI/c1-3-21-19(24-14-20(2,25)17-5-4-10-26-17)23-12-16-8-9-18(22-11-16)27-13-15-6-7-15;/h4-5,8-11,15,25H,3,6-7,12-14H2,1-2H3,(H2,21,23,24);1H. The molecule has 1 aliphatic carbocycles. The molecule has 3 rings (SSSR count). The highest BCUT2D eigenvalue weighted by molar-refractivity contribution is 14.0. The maximum Gasteiger partial charge on any atom is 0.213 e. The number of nitrogens with one attached hydrogen (secondary N) is 2. The number of hydrogen-bond acceptors (Lipinski definition) is 5. The SMILES string of the molecule is CCNC(=NCc1ccc(OCC2CC2)nc1)NCC(C)(O)c1ccco1.I. The molecule has 28 heavy (non-hydrogen) atoms. The third-order valence-corrected chi connectivity index (χ3v) is 4.38. The predicted octanol–water partition coefficient (Wildman–Crippen LogP) is 3.04. The van der Waals surface area contributed by atoms with E-state index in [1.807, 2.05) is 19.1 Å². The Kier molecular flexibility index (Phi) is 8.56. The number of aliphatic imine (C=N–C) groups is 1. The largest absolute Gasteiger partial charge is 0.477 e. The Morgan fingerprint density at radius 3 is 2.79 bits per heavy atom. The summed E-state index contributed by atoms with van der Waals surface area (Å²) in [5, 5.41) is 16.9. The number of rotatable bonds is 9. The summed E-state index contributed by atoms with van der Waals surface area (Å²) in [5.74, 6) is 2.51. The number of guanidine groups is 1. The molecule has 2 heterocycles. The van der Waals surface area contributed by atoms with Crippen LogP contribution in [-0.2, 0) is 12.1 Å². The molecule has 1 saturated carbocycles. The van der Waals surface area contributed by atoms with Gasteiger partial charge in [0.2, 0.25) is 5.88 Å². The van der Waals surface area contributed by atoms with Crippen LogP contribution in [0.15, 0.2) is 46.1 Å². The van der Waals surface area contributed by atoms with E-state index < -0.39 is 5.60 Å². The maximum absolute atomic E-state index is 10.5. The van der Waals surface area contributed by atoms with Crippen LogP contribution in [0, 0.1) is 5.92 Å². The van der Waals surface area contributed by atoms with E-state index in [9.17, 15) is 5.11 Å². The van der Waals surface area contributed by atoms with Crippen molar-refractivity contribution in [2.45, 2.75) is 38.8 Å². The fraction of sp³-hybridized carbons (Fsp3) is 0.500. The van der Waals surface area contributed by atoms with Crippen molar-refractivity contribution in [1.82, 2.24) is 15.6 Å². The number of furan rings is 1. The van der Waals surface area contributed by atoms with Gasteiger partial charge in [-0.1, -0.05) is 6.07 Å². The normalized spacial score (nSPS) is 16.0. The quantitative estimate of drug-likeness (QED) is 0.279. The summed E-state index contributed by atoms with van der Waals surface area (Å²) < 4.78 is 11.0. The highest BCUT2D eigenvalue weighted by atomic mass is 127. The van der Waals surface area contributed by atoms with Gasteiger partial charge >= 0.3 is 0 Å². The molecule has 0 aliphatic heterocycles. The zero-order valence-corrected chi connectivity index (χ0v) is 18.7. The van der Waals surface area contributed by atoms with E-state index in [0.29, 0.717) is 30.1 Å². The number of nitrogens with zero attached hydrogens (tertiary/aromatic N) is 2. The van der Waals surface area contributed by atoms with Crippen molar-refractivity contribution in [2.75, 3.05) is 19.7 Å². The van der Waals surface area contributed by atoms with Crippen LogP contribution in [0.4, 0.5) is 0 Å². The van der Waals surface area contributed by atoms with Crippen LogP contribution in [0.25, 0.3) is 0 Å². The molecular formula is C20H29IN4O3. The Hall–Kier alpha value is -1.81. The molecule has 3 N–H and O–H groups in total. The van der Waals surface area contributed by atoms with Crippen LogP contribution in [-0.4, -0.2) is 35.7 Å². The second kappa shape index (κ2) is 10.7. The lowest BCUT2D eigenvalue weighted by Gasteiger charge is -2.22. The first-order valence-corrected chi connectivity index (χ1v) is 9.43. The van der Waals surface area contributed by atoms with E-state index in [1.54, 1.807) is 31.5 Å². The molecule has 0 aromatic carbocycles. The molecule has 0 radical (unpaired) electrons. The zero-order valence-electron chi connectivity index (χ0n) is 16.4. The van der Waals surface area contributed by atoms with Gasteiger partial charge in [0, 0.05) is 18.8 Å².